The molecule has 0 saturated carbocycles. The highest BCUT2D eigenvalue weighted by molar-refractivity contribution is 7.89. The molecule has 0 aliphatic carbocycles. The number of halogens is 2. The van der Waals surface area contributed by atoms with Crippen molar-refractivity contribution >= 4 is 22.0 Å². The molecule has 8 nitrogen and oxygen atoms in total. The first-order valence-electron chi connectivity index (χ1n) is 7.49. The Morgan fingerprint density at radius 3 is 2.59 bits per heavy atom. The van der Waals surface area contributed by atoms with Crippen molar-refractivity contribution in [3.8, 4) is 0 Å². The summed E-state index contributed by atoms with van der Waals surface area (Å²) >= 11 is 0. The van der Waals surface area contributed by atoms with Crippen molar-refractivity contribution in [2.24, 2.45) is 0 Å². The molecule has 0 unspecified atom stereocenters. The largest absolute Gasteiger partial charge is 0.465 e. The van der Waals surface area contributed by atoms with E-state index >= 15 is 0 Å². The third kappa shape index (κ3) is 5.34. The molecule has 0 spiro atoms. The Bertz CT molecular complexity index is 940. The molecule has 1 aromatic carbocycles. The maximum Gasteiger partial charge on any atom is 0.341 e. The lowest BCUT2D eigenvalue weighted by Crippen LogP contribution is -2.27. The minimum absolute atomic E-state index is 0.0811. The molecule has 1 heterocycles. The van der Waals surface area contributed by atoms with Gasteiger partial charge in [0.25, 0.3) is 0 Å². The number of hydrogen-bond donors (Lipinski definition) is 1. The van der Waals surface area contributed by atoms with Crippen molar-refractivity contribution in [3.05, 3.63) is 53.5 Å². The van der Waals surface area contributed by atoms with Crippen molar-refractivity contribution in [2.75, 3.05) is 13.7 Å². The van der Waals surface area contributed by atoms with Crippen molar-refractivity contribution in [1.29, 1.82) is 0 Å². The maximum atomic E-state index is 13.1. The Balaban J connectivity index is 1.84. The Morgan fingerprint density at radius 1 is 1.19 bits per heavy atom. The average Bonchev–Trinajstić information content (AvgIpc) is 3.10. The number of furan rings is 1. The molecule has 0 radical (unpaired) electrons. The van der Waals surface area contributed by atoms with Crippen LogP contribution in [-0.2, 0) is 30.9 Å². The molecule has 27 heavy (non-hydrogen) atoms. The van der Waals surface area contributed by atoms with Gasteiger partial charge in [-0.1, -0.05) is 0 Å². The molecule has 1 aromatic heterocycles. The Labute approximate surface area is 153 Å². The number of carbonyl (C=O) groups is 2. The lowest BCUT2D eigenvalue weighted by Gasteiger charge is -2.07. The van der Waals surface area contributed by atoms with Crippen LogP contribution in [0.25, 0.3) is 0 Å². The van der Waals surface area contributed by atoms with E-state index in [1.165, 1.54) is 19.4 Å². The molecule has 0 amide bonds. The van der Waals surface area contributed by atoms with E-state index in [-0.39, 0.29) is 30.9 Å². The van der Waals surface area contributed by atoms with E-state index in [1.54, 1.807) is 0 Å². The van der Waals surface area contributed by atoms with Gasteiger partial charge in [0.2, 0.25) is 10.0 Å². The van der Waals surface area contributed by atoms with E-state index in [0.29, 0.717) is 12.1 Å². The summed E-state index contributed by atoms with van der Waals surface area (Å²) < 4.78 is 66.4. The van der Waals surface area contributed by atoms with Gasteiger partial charge in [-0.2, -0.15) is 0 Å². The van der Waals surface area contributed by atoms with Crippen LogP contribution in [0.3, 0.4) is 0 Å². The average molecular weight is 403 g/mol. The quantitative estimate of drug-likeness (QED) is 0.669. The normalized spacial score (nSPS) is 11.2. The summed E-state index contributed by atoms with van der Waals surface area (Å²) in [6, 6.07) is 3.46. The molecule has 2 aromatic rings. The van der Waals surface area contributed by atoms with Gasteiger partial charge in [0, 0.05) is 6.54 Å². The first-order chi connectivity index (χ1) is 12.7. The molecule has 2 rings (SSSR count). The van der Waals surface area contributed by atoms with Gasteiger partial charge in [-0.15, -0.1) is 0 Å². The zero-order valence-corrected chi connectivity index (χ0v) is 14.8. The van der Waals surface area contributed by atoms with Crippen LogP contribution in [0.5, 0.6) is 0 Å². The third-order valence-electron chi connectivity index (χ3n) is 3.34. The number of ether oxygens (including phenoxy) is 2. The van der Waals surface area contributed by atoms with Crippen LogP contribution in [0.2, 0.25) is 0 Å². The Kier molecular flexibility index (Phi) is 6.64. The third-order valence-corrected chi connectivity index (χ3v) is 4.80. The van der Waals surface area contributed by atoms with Gasteiger partial charge < -0.3 is 13.9 Å². The molecule has 0 aliphatic rings. The number of rotatable bonds is 8. The standard InChI is InChI=1S/C16H15F2NO7S/c1-24-16(21)11-5-7-25-14(11)9-26-15(20)4-6-19-27(22,23)10-2-3-12(17)13(18)8-10/h2-3,5,7-8,19H,4,6,9H2,1H3. The number of methoxy groups -OCH3 is 1. The van der Waals surface area contributed by atoms with Crippen LogP contribution in [0.4, 0.5) is 8.78 Å². The number of carbonyl (C=O) groups excluding carboxylic acids is 2. The fourth-order valence-corrected chi connectivity index (χ4v) is 3.02. The Hall–Kier alpha value is -2.79. The molecule has 0 bridgehead atoms. The van der Waals surface area contributed by atoms with Crippen LogP contribution >= 0.6 is 0 Å². The topological polar surface area (TPSA) is 112 Å². The molecule has 146 valence electrons. The molecule has 0 saturated heterocycles. The van der Waals surface area contributed by atoms with E-state index in [0.717, 1.165) is 6.07 Å². The number of sulfonamides is 1. The highest BCUT2D eigenvalue weighted by Gasteiger charge is 2.18. The van der Waals surface area contributed by atoms with Crippen LogP contribution in [0, 0.1) is 11.6 Å². The zero-order valence-electron chi connectivity index (χ0n) is 14.0. The first kappa shape index (κ1) is 20.5. The Morgan fingerprint density at radius 2 is 1.93 bits per heavy atom. The fourth-order valence-electron chi connectivity index (χ4n) is 1.98. The minimum Gasteiger partial charge on any atom is -0.465 e. The van der Waals surface area contributed by atoms with E-state index < -0.39 is 38.5 Å². The predicted octanol–water partition coefficient (Wildman–Crippen LogP) is 1.76. The van der Waals surface area contributed by atoms with Gasteiger partial charge in [-0.05, 0) is 24.3 Å². The van der Waals surface area contributed by atoms with Gasteiger partial charge in [0.05, 0.1) is 24.7 Å². The zero-order chi connectivity index (χ0) is 20.0. The lowest BCUT2D eigenvalue weighted by atomic mass is 10.2. The minimum atomic E-state index is -4.12. The van der Waals surface area contributed by atoms with Crippen molar-refractivity contribution in [1.82, 2.24) is 4.72 Å². The monoisotopic (exact) mass is 403 g/mol. The molecular formula is C16H15F2NO7S. The smallest absolute Gasteiger partial charge is 0.341 e. The van der Waals surface area contributed by atoms with Gasteiger partial charge in [0.15, 0.2) is 17.4 Å². The molecule has 0 fully saturated rings. The summed E-state index contributed by atoms with van der Waals surface area (Å²) in [4.78, 5) is 22.7. The van der Waals surface area contributed by atoms with Crippen molar-refractivity contribution in [3.63, 3.8) is 0 Å². The van der Waals surface area contributed by atoms with E-state index in [4.69, 9.17) is 9.15 Å². The number of benzene rings is 1. The summed E-state index contributed by atoms with van der Waals surface area (Å²) in [5.74, 6) is -3.83. The molecule has 1 N–H and O–H groups in total. The van der Waals surface area contributed by atoms with E-state index in [9.17, 15) is 26.8 Å². The van der Waals surface area contributed by atoms with E-state index in [1.807, 2.05) is 0 Å². The highest BCUT2D eigenvalue weighted by Crippen LogP contribution is 2.14. The fraction of sp³-hybridized carbons (Fsp3) is 0.250. The SMILES string of the molecule is COC(=O)c1ccoc1COC(=O)CCNS(=O)(=O)c1ccc(F)c(F)c1. The second-order valence-electron chi connectivity index (χ2n) is 5.13. The van der Waals surface area contributed by atoms with Crippen LogP contribution in [-0.4, -0.2) is 34.0 Å². The highest BCUT2D eigenvalue weighted by atomic mass is 32.2. The predicted molar refractivity (Wildman–Crippen MR) is 86.0 cm³/mol. The summed E-state index contributed by atoms with van der Waals surface area (Å²) in [5, 5.41) is 0. The molecule has 0 atom stereocenters. The first-order valence-corrected chi connectivity index (χ1v) is 8.98. The van der Waals surface area contributed by atoms with Crippen LogP contribution in [0.15, 0.2) is 39.8 Å². The second kappa shape index (κ2) is 8.73. The molecular weight excluding hydrogens is 388 g/mol. The van der Waals surface area contributed by atoms with Crippen molar-refractivity contribution in [2.45, 2.75) is 17.9 Å². The van der Waals surface area contributed by atoms with Gasteiger partial charge >= 0.3 is 11.9 Å². The second-order valence-corrected chi connectivity index (χ2v) is 6.90. The molecule has 0 aliphatic heterocycles. The number of esters is 2. The summed E-state index contributed by atoms with van der Waals surface area (Å²) in [6.45, 7) is -0.672. The summed E-state index contributed by atoms with van der Waals surface area (Å²) in [5.41, 5.74) is 0.101. The van der Waals surface area contributed by atoms with Crippen LogP contribution < -0.4 is 4.72 Å². The summed E-state index contributed by atoms with van der Waals surface area (Å²) in [7, 11) is -2.93. The van der Waals surface area contributed by atoms with Gasteiger partial charge in [-0.25, -0.2) is 26.7 Å². The van der Waals surface area contributed by atoms with Crippen molar-refractivity contribution < 1.29 is 40.7 Å². The lowest BCUT2D eigenvalue weighted by molar-refractivity contribution is -0.145. The van der Waals surface area contributed by atoms with Gasteiger partial charge in [0.1, 0.15) is 12.2 Å². The maximum absolute atomic E-state index is 13.1. The van der Waals surface area contributed by atoms with Gasteiger partial charge in [-0.3, -0.25) is 4.79 Å². The molecule has 11 heteroatoms. The van der Waals surface area contributed by atoms with E-state index in [2.05, 4.69) is 9.46 Å². The number of hydrogen-bond acceptors (Lipinski definition) is 7. The summed E-state index contributed by atoms with van der Waals surface area (Å²) in [6.07, 6.45) is 0.891. The van der Waals surface area contributed by atoms with Crippen LogP contribution in [0.1, 0.15) is 22.5 Å². The number of nitrogens with one attached hydrogen (secondary N) is 1.